The lowest BCUT2D eigenvalue weighted by atomic mass is 10.2. The Labute approximate surface area is 70.2 Å². The van der Waals surface area contributed by atoms with E-state index >= 15 is 0 Å². The van der Waals surface area contributed by atoms with Gasteiger partial charge in [-0.2, -0.15) is 0 Å². The second-order valence-electron chi connectivity index (χ2n) is 3.32. The van der Waals surface area contributed by atoms with Crippen LogP contribution >= 0.6 is 11.1 Å². The molecule has 0 aliphatic carbocycles. The first kappa shape index (κ1) is 10.5. The largest absolute Gasteiger partial charge is 0.405 e. The minimum atomic E-state index is -1.36. The SMILES string of the molecule is CC(C)CO[SiH](Cl)C(C)C. The van der Waals surface area contributed by atoms with E-state index in [2.05, 4.69) is 27.7 Å². The molecule has 0 aromatic heterocycles. The van der Waals surface area contributed by atoms with Gasteiger partial charge in [0.25, 0.3) is 8.35 Å². The highest BCUT2D eigenvalue weighted by atomic mass is 35.6. The van der Waals surface area contributed by atoms with Crippen molar-refractivity contribution >= 4 is 19.4 Å². The molecule has 10 heavy (non-hydrogen) atoms. The maximum atomic E-state index is 5.98. The van der Waals surface area contributed by atoms with Gasteiger partial charge in [0.1, 0.15) is 0 Å². The third-order valence-corrected chi connectivity index (χ3v) is 4.56. The predicted molar refractivity (Wildman–Crippen MR) is 48.9 cm³/mol. The van der Waals surface area contributed by atoms with Crippen LogP contribution in [0.4, 0.5) is 0 Å². The van der Waals surface area contributed by atoms with Gasteiger partial charge in [-0.15, -0.1) is 11.1 Å². The van der Waals surface area contributed by atoms with Crippen LogP contribution < -0.4 is 0 Å². The van der Waals surface area contributed by atoms with Crippen LogP contribution in [0.3, 0.4) is 0 Å². The van der Waals surface area contributed by atoms with Crippen molar-refractivity contribution in [3.8, 4) is 0 Å². The summed E-state index contributed by atoms with van der Waals surface area (Å²) < 4.78 is 5.47. The second-order valence-corrected chi connectivity index (χ2v) is 6.98. The number of rotatable bonds is 4. The molecule has 0 fully saturated rings. The highest BCUT2D eigenvalue weighted by Crippen LogP contribution is 2.12. The highest BCUT2D eigenvalue weighted by Gasteiger charge is 2.12. The van der Waals surface area contributed by atoms with Gasteiger partial charge in [0.05, 0.1) is 0 Å². The fourth-order valence-electron chi connectivity index (χ4n) is 0.477. The normalized spacial score (nSPS) is 14.7. The van der Waals surface area contributed by atoms with E-state index in [4.69, 9.17) is 15.5 Å². The minimum Gasteiger partial charge on any atom is -0.405 e. The molecular formula is C7H17ClOSi. The molecule has 1 nitrogen and oxygen atoms in total. The second kappa shape index (κ2) is 5.16. The summed E-state index contributed by atoms with van der Waals surface area (Å²) in [7, 11) is -1.36. The van der Waals surface area contributed by atoms with Gasteiger partial charge in [-0.1, -0.05) is 27.7 Å². The van der Waals surface area contributed by atoms with Gasteiger partial charge in [-0.25, -0.2) is 0 Å². The molecule has 1 unspecified atom stereocenters. The molecule has 0 aliphatic heterocycles. The summed E-state index contributed by atoms with van der Waals surface area (Å²) in [4.78, 5) is 0. The Balaban J connectivity index is 3.30. The maximum absolute atomic E-state index is 5.98. The molecule has 3 heteroatoms. The molecule has 0 aromatic rings. The van der Waals surface area contributed by atoms with Crippen molar-refractivity contribution in [2.24, 2.45) is 5.92 Å². The molecular weight excluding hydrogens is 164 g/mol. The van der Waals surface area contributed by atoms with E-state index in [1.165, 1.54) is 0 Å². The zero-order valence-corrected chi connectivity index (χ0v) is 9.14. The Morgan fingerprint density at radius 2 is 1.80 bits per heavy atom. The van der Waals surface area contributed by atoms with Gasteiger partial charge in [0, 0.05) is 6.61 Å². The quantitative estimate of drug-likeness (QED) is 0.478. The van der Waals surface area contributed by atoms with Crippen molar-refractivity contribution < 1.29 is 4.43 Å². The average Bonchev–Trinajstić information content (AvgIpc) is 1.82. The van der Waals surface area contributed by atoms with Crippen LogP contribution in [0.1, 0.15) is 27.7 Å². The van der Waals surface area contributed by atoms with E-state index in [0.717, 1.165) is 6.61 Å². The van der Waals surface area contributed by atoms with E-state index < -0.39 is 8.35 Å². The average molecular weight is 181 g/mol. The predicted octanol–water partition coefficient (Wildman–Crippen LogP) is 2.53. The molecule has 62 valence electrons. The fraction of sp³-hybridized carbons (Fsp3) is 1.00. The Kier molecular flexibility index (Phi) is 5.40. The lowest BCUT2D eigenvalue weighted by Gasteiger charge is -2.13. The van der Waals surface area contributed by atoms with E-state index in [1.807, 2.05) is 0 Å². The van der Waals surface area contributed by atoms with E-state index in [0.29, 0.717) is 11.5 Å². The summed E-state index contributed by atoms with van der Waals surface area (Å²) in [6.07, 6.45) is 0. The monoisotopic (exact) mass is 180 g/mol. The Morgan fingerprint density at radius 3 is 2.10 bits per heavy atom. The van der Waals surface area contributed by atoms with Gasteiger partial charge in [-0.05, 0) is 11.5 Å². The molecule has 0 aliphatic rings. The van der Waals surface area contributed by atoms with Crippen molar-refractivity contribution in [1.82, 2.24) is 0 Å². The first-order valence-electron chi connectivity index (χ1n) is 3.79. The van der Waals surface area contributed by atoms with Crippen molar-refractivity contribution in [1.29, 1.82) is 0 Å². The first-order valence-corrected chi connectivity index (χ1v) is 6.68. The van der Waals surface area contributed by atoms with Gasteiger partial charge >= 0.3 is 0 Å². The summed E-state index contributed by atoms with van der Waals surface area (Å²) >= 11 is 5.98. The van der Waals surface area contributed by atoms with Gasteiger partial charge < -0.3 is 4.43 Å². The summed E-state index contributed by atoms with van der Waals surface area (Å²) in [6.45, 7) is 9.32. The van der Waals surface area contributed by atoms with E-state index in [1.54, 1.807) is 0 Å². The Morgan fingerprint density at radius 1 is 1.30 bits per heavy atom. The van der Waals surface area contributed by atoms with Crippen LogP contribution in [-0.2, 0) is 4.43 Å². The first-order chi connectivity index (χ1) is 4.54. The number of hydrogen-bond donors (Lipinski definition) is 0. The van der Waals surface area contributed by atoms with Gasteiger partial charge in [0.15, 0.2) is 0 Å². The molecule has 1 atom stereocenters. The molecule has 0 bridgehead atoms. The highest BCUT2D eigenvalue weighted by molar-refractivity contribution is 7.03. The van der Waals surface area contributed by atoms with Crippen molar-refractivity contribution in [2.75, 3.05) is 6.61 Å². The van der Waals surface area contributed by atoms with Crippen LogP contribution in [-0.4, -0.2) is 15.0 Å². The van der Waals surface area contributed by atoms with Crippen LogP contribution in [0.5, 0.6) is 0 Å². The van der Waals surface area contributed by atoms with Crippen LogP contribution in [0.2, 0.25) is 5.54 Å². The van der Waals surface area contributed by atoms with Crippen LogP contribution in [0.25, 0.3) is 0 Å². The molecule has 0 saturated carbocycles. The molecule has 0 saturated heterocycles. The molecule has 0 spiro atoms. The van der Waals surface area contributed by atoms with Crippen molar-refractivity contribution in [2.45, 2.75) is 33.2 Å². The van der Waals surface area contributed by atoms with Crippen molar-refractivity contribution in [3.63, 3.8) is 0 Å². The minimum absolute atomic E-state index is 0.542. The molecule has 0 rings (SSSR count). The third-order valence-electron chi connectivity index (χ3n) is 1.11. The zero-order valence-electron chi connectivity index (χ0n) is 7.23. The molecule has 0 N–H and O–H groups in total. The Bertz CT molecular complexity index is 85.7. The maximum Gasteiger partial charge on any atom is 0.276 e. The molecule has 0 radical (unpaired) electrons. The lowest BCUT2D eigenvalue weighted by molar-refractivity contribution is 0.276. The smallest absolute Gasteiger partial charge is 0.276 e. The van der Waals surface area contributed by atoms with Crippen LogP contribution in [0.15, 0.2) is 0 Å². The summed E-state index contributed by atoms with van der Waals surface area (Å²) in [5, 5.41) is 0. The molecule has 0 heterocycles. The van der Waals surface area contributed by atoms with E-state index in [9.17, 15) is 0 Å². The Hall–Kier alpha value is 0.467. The van der Waals surface area contributed by atoms with Crippen molar-refractivity contribution in [3.05, 3.63) is 0 Å². The molecule has 0 aromatic carbocycles. The van der Waals surface area contributed by atoms with Gasteiger partial charge in [-0.3, -0.25) is 0 Å². The van der Waals surface area contributed by atoms with Crippen LogP contribution in [0, 0.1) is 5.92 Å². The summed E-state index contributed by atoms with van der Waals surface area (Å²) in [5.41, 5.74) is 0.542. The van der Waals surface area contributed by atoms with Gasteiger partial charge in [0.2, 0.25) is 0 Å². The fourth-order valence-corrected chi connectivity index (χ4v) is 1.65. The zero-order chi connectivity index (χ0) is 8.15. The topological polar surface area (TPSA) is 9.23 Å². The van der Waals surface area contributed by atoms with E-state index in [-0.39, 0.29) is 0 Å². The lowest BCUT2D eigenvalue weighted by Crippen LogP contribution is -2.17. The molecule has 0 amide bonds. The summed E-state index contributed by atoms with van der Waals surface area (Å²) in [5.74, 6) is 0.604. The standard InChI is InChI=1S/C7H17ClOSi/c1-6(2)5-9-10(8)7(3)4/h6-7,10H,5H2,1-4H3. The third kappa shape index (κ3) is 5.27. The number of hydrogen-bond acceptors (Lipinski definition) is 1. The number of halogens is 1. The summed E-state index contributed by atoms with van der Waals surface area (Å²) in [6, 6.07) is 0.